The maximum absolute atomic E-state index is 12.6. The van der Waals surface area contributed by atoms with E-state index in [9.17, 15) is 22.0 Å². The molecule has 9 heteroatoms. The van der Waals surface area contributed by atoms with Crippen LogP contribution in [0.3, 0.4) is 0 Å². The number of alkyl halides is 2. The molecule has 3 rings (SSSR count). The number of carbonyl (C=O) groups is 1. The lowest BCUT2D eigenvalue weighted by atomic mass is 9.94. The van der Waals surface area contributed by atoms with E-state index in [1.807, 2.05) is 0 Å². The summed E-state index contributed by atoms with van der Waals surface area (Å²) in [6.07, 6.45) is -1.65. The molecule has 0 N–H and O–H groups in total. The third-order valence-corrected chi connectivity index (χ3v) is 5.86. The zero-order valence-corrected chi connectivity index (χ0v) is 11.4. The second kappa shape index (κ2) is 4.27. The van der Waals surface area contributed by atoms with Gasteiger partial charge in [0.2, 0.25) is 0 Å². The Bertz CT molecular complexity index is 528. The Kier molecular flexibility index (Phi) is 2.99. The summed E-state index contributed by atoms with van der Waals surface area (Å²) in [5.74, 6) is -3.41. The molecule has 0 aromatic rings. The van der Waals surface area contributed by atoms with Crippen LogP contribution in [0.2, 0.25) is 0 Å². The van der Waals surface area contributed by atoms with Crippen molar-refractivity contribution in [2.75, 3.05) is 6.61 Å². The summed E-state index contributed by atoms with van der Waals surface area (Å²) in [5, 5.41) is -0.520. The Morgan fingerprint density at radius 3 is 2.75 bits per heavy atom. The van der Waals surface area contributed by atoms with Crippen molar-refractivity contribution < 1.29 is 35.6 Å². The summed E-state index contributed by atoms with van der Waals surface area (Å²) in [6, 6.07) is 0. The molecule has 3 aliphatic rings. The zero-order chi connectivity index (χ0) is 14.7. The highest BCUT2D eigenvalue weighted by atomic mass is 32.2. The van der Waals surface area contributed by atoms with Crippen LogP contribution in [0.4, 0.5) is 13.6 Å². The van der Waals surface area contributed by atoms with Gasteiger partial charge >= 0.3 is 6.16 Å². The molecule has 3 fully saturated rings. The van der Waals surface area contributed by atoms with E-state index in [-0.39, 0.29) is 11.8 Å². The molecule has 0 aromatic heterocycles. The van der Waals surface area contributed by atoms with Crippen LogP contribution in [-0.2, 0) is 23.8 Å². The Morgan fingerprint density at radius 1 is 1.40 bits per heavy atom. The predicted molar refractivity (Wildman–Crippen MR) is 60.6 cm³/mol. The average Bonchev–Trinajstić information content (AvgIpc) is 2.89. The largest absolute Gasteiger partial charge is 0.508 e. The molecule has 1 saturated heterocycles. The van der Waals surface area contributed by atoms with Crippen molar-refractivity contribution in [2.45, 2.75) is 43.1 Å². The van der Waals surface area contributed by atoms with E-state index in [4.69, 9.17) is 8.92 Å². The van der Waals surface area contributed by atoms with E-state index in [1.54, 1.807) is 0 Å². The Labute approximate surface area is 114 Å². The molecule has 2 bridgehead atoms. The summed E-state index contributed by atoms with van der Waals surface area (Å²) in [6.45, 7) is -0.450. The number of hydrogen-bond acceptors (Lipinski definition) is 6. The SMILES string of the molecule is CC(F)(F)COC(=O)OC1C2CC3C1OS(=O)(=O)C3C2. The fourth-order valence-electron chi connectivity index (χ4n) is 3.37. The molecule has 0 amide bonds. The molecule has 0 radical (unpaired) electrons. The molecule has 5 unspecified atom stereocenters. The highest BCUT2D eigenvalue weighted by Crippen LogP contribution is 2.55. The lowest BCUT2D eigenvalue weighted by Crippen LogP contribution is -2.37. The molecule has 114 valence electrons. The quantitative estimate of drug-likeness (QED) is 0.577. The minimum atomic E-state index is -3.59. The van der Waals surface area contributed by atoms with E-state index in [1.165, 1.54) is 0 Å². The number of halogens is 2. The van der Waals surface area contributed by atoms with Crippen molar-refractivity contribution in [2.24, 2.45) is 11.8 Å². The van der Waals surface area contributed by atoms with Gasteiger partial charge < -0.3 is 9.47 Å². The molecule has 1 aliphatic heterocycles. The first-order valence-corrected chi connectivity index (χ1v) is 7.78. The fourth-order valence-corrected chi connectivity index (χ4v) is 5.26. The van der Waals surface area contributed by atoms with Crippen LogP contribution in [0.5, 0.6) is 0 Å². The third-order valence-electron chi connectivity index (χ3n) is 4.09. The molecule has 6 nitrogen and oxygen atoms in total. The van der Waals surface area contributed by atoms with Crippen LogP contribution in [0.15, 0.2) is 0 Å². The van der Waals surface area contributed by atoms with Crippen LogP contribution in [0.1, 0.15) is 19.8 Å². The second-order valence-electron chi connectivity index (χ2n) is 5.68. The first-order valence-electron chi connectivity index (χ1n) is 6.31. The van der Waals surface area contributed by atoms with Gasteiger partial charge in [0.15, 0.2) is 6.61 Å². The van der Waals surface area contributed by atoms with Crippen molar-refractivity contribution in [3.05, 3.63) is 0 Å². The number of carbonyl (C=O) groups excluding carboxylic acids is 1. The monoisotopic (exact) mass is 312 g/mol. The van der Waals surface area contributed by atoms with Gasteiger partial charge in [-0.15, -0.1) is 0 Å². The summed E-state index contributed by atoms with van der Waals surface area (Å²) in [5.41, 5.74) is 0. The number of ether oxygens (including phenoxy) is 2. The lowest BCUT2D eigenvalue weighted by Gasteiger charge is -2.24. The van der Waals surface area contributed by atoms with Crippen molar-refractivity contribution in [1.82, 2.24) is 0 Å². The molecule has 2 saturated carbocycles. The van der Waals surface area contributed by atoms with Gasteiger partial charge in [-0.25, -0.2) is 13.6 Å². The summed E-state index contributed by atoms with van der Waals surface area (Å²) in [4.78, 5) is 11.4. The number of rotatable bonds is 3. The number of hydrogen-bond donors (Lipinski definition) is 0. The van der Waals surface area contributed by atoms with E-state index in [0.717, 1.165) is 0 Å². The predicted octanol–water partition coefficient (Wildman–Crippen LogP) is 1.30. The molecule has 5 atom stereocenters. The van der Waals surface area contributed by atoms with Crippen molar-refractivity contribution in [3.63, 3.8) is 0 Å². The first kappa shape index (κ1) is 14.0. The van der Waals surface area contributed by atoms with Crippen LogP contribution >= 0.6 is 0 Å². The summed E-state index contributed by atoms with van der Waals surface area (Å²) in [7, 11) is -3.59. The van der Waals surface area contributed by atoms with Gasteiger partial charge in [0.05, 0.1) is 5.25 Å². The third kappa shape index (κ3) is 2.26. The van der Waals surface area contributed by atoms with Crippen LogP contribution < -0.4 is 0 Å². The molecule has 0 spiro atoms. The maximum atomic E-state index is 12.6. The lowest BCUT2D eigenvalue weighted by molar-refractivity contribution is -0.0767. The first-order chi connectivity index (χ1) is 9.17. The fraction of sp³-hybridized carbons (Fsp3) is 0.909. The van der Waals surface area contributed by atoms with E-state index in [2.05, 4.69) is 4.74 Å². The minimum absolute atomic E-state index is 0.109. The smallest absolute Gasteiger partial charge is 0.428 e. The molecule has 1 heterocycles. The maximum Gasteiger partial charge on any atom is 0.508 e. The van der Waals surface area contributed by atoms with Gasteiger partial charge in [0.1, 0.15) is 12.2 Å². The zero-order valence-electron chi connectivity index (χ0n) is 10.6. The molecule has 0 aromatic carbocycles. The second-order valence-corrected chi connectivity index (χ2v) is 7.46. The normalized spacial score (nSPS) is 40.9. The van der Waals surface area contributed by atoms with Gasteiger partial charge in [-0.05, 0) is 12.8 Å². The van der Waals surface area contributed by atoms with Crippen LogP contribution in [0, 0.1) is 11.8 Å². The highest BCUT2D eigenvalue weighted by molar-refractivity contribution is 7.87. The molecule has 2 aliphatic carbocycles. The van der Waals surface area contributed by atoms with Crippen molar-refractivity contribution >= 4 is 16.3 Å². The van der Waals surface area contributed by atoms with E-state index < -0.39 is 46.3 Å². The Balaban J connectivity index is 1.62. The van der Waals surface area contributed by atoms with Crippen molar-refractivity contribution in [1.29, 1.82) is 0 Å². The highest BCUT2D eigenvalue weighted by Gasteiger charge is 2.65. The van der Waals surface area contributed by atoms with Crippen LogP contribution in [-0.4, -0.2) is 44.6 Å². The molecule has 20 heavy (non-hydrogen) atoms. The minimum Gasteiger partial charge on any atom is -0.428 e. The van der Waals surface area contributed by atoms with Gasteiger partial charge in [0.25, 0.3) is 16.0 Å². The van der Waals surface area contributed by atoms with Gasteiger partial charge in [-0.2, -0.15) is 8.42 Å². The summed E-state index contributed by atoms with van der Waals surface area (Å²) >= 11 is 0. The summed E-state index contributed by atoms with van der Waals surface area (Å²) < 4.78 is 62.7. The Morgan fingerprint density at radius 2 is 2.10 bits per heavy atom. The van der Waals surface area contributed by atoms with E-state index >= 15 is 0 Å². The number of fused-ring (bicyclic) bond motifs is 1. The average molecular weight is 312 g/mol. The molecular formula is C11H14F2O6S. The van der Waals surface area contributed by atoms with Gasteiger partial charge in [-0.3, -0.25) is 4.18 Å². The van der Waals surface area contributed by atoms with Gasteiger partial charge in [0, 0.05) is 18.8 Å². The van der Waals surface area contributed by atoms with E-state index in [0.29, 0.717) is 19.8 Å². The van der Waals surface area contributed by atoms with Crippen molar-refractivity contribution in [3.8, 4) is 0 Å². The Hall–Kier alpha value is -0.960. The standard InChI is InChI=1S/C11H14F2O6S/c1-11(12,13)4-17-10(14)18-8-5-2-6-7(3-5)20(15,16)19-9(6)8/h5-9H,2-4H2,1H3. The van der Waals surface area contributed by atoms with Gasteiger partial charge in [-0.1, -0.05) is 0 Å². The molecular weight excluding hydrogens is 298 g/mol. The topological polar surface area (TPSA) is 78.9 Å². The van der Waals surface area contributed by atoms with Crippen LogP contribution in [0.25, 0.3) is 0 Å².